The van der Waals surface area contributed by atoms with E-state index < -0.39 is 36.2 Å². The Morgan fingerprint density at radius 1 is 1.14 bits per heavy atom. The van der Waals surface area contributed by atoms with E-state index in [0.29, 0.717) is 0 Å². The van der Waals surface area contributed by atoms with Crippen molar-refractivity contribution < 1.29 is 36.2 Å². The van der Waals surface area contributed by atoms with Gasteiger partial charge in [-0.2, -0.15) is 26.3 Å². The van der Waals surface area contributed by atoms with Crippen molar-refractivity contribution in [2.45, 2.75) is 51.1 Å². The Bertz CT molecular complexity index is 376. The average Bonchev–Trinajstić information content (AvgIpc) is 2.24. The van der Waals surface area contributed by atoms with Gasteiger partial charge in [0.1, 0.15) is 6.10 Å². The van der Waals surface area contributed by atoms with Crippen LogP contribution >= 0.6 is 0 Å². The van der Waals surface area contributed by atoms with Gasteiger partial charge in [0.2, 0.25) is 0 Å². The molecule has 21 heavy (non-hydrogen) atoms. The number of nitroso groups, excluding NO2 is 1. The van der Waals surface area contributed by atoms with Gasteiger partial charge in [-0.15, -0.1) is 4.91 Å². The molecule has 0 heterocycles. The van der Waals surface area contributed by atoms with Crippen molar-refractivity contribution in [1.29, 1.82) is 0 Å². The summed E-state index contributed by atoms with van der Waals surface area (Å²) in [4.78, 5) is 10.5. The summed E-state index contributed by atoms with van der Waals surface area (Å²) < 4.78 is 82.0. The van der Waals surface area contributed by atoms with E-state index in [1.165, 1.54) is 5.18 Å². The Morgan fingerprint density at radius 3 is 1.71 bits per heavy atom. The lowest BCUT2D eigenvalue weighted by molar-refractivity contribution is -0.336. The lowest BCUT2D eigenvalue weighted by Gasteiger charge is -2.39. The van der Waals surface area contributed by atoms with Crippen LogP contribution in [0.25, 0.3) is 0 Å². The minimum atomic E-state index is -6.04. The second-order valence-corrected chi connectivity index (χ2v) is 4.85. The van der Waals surface area contributed by atoms with E-state index >= 15 is 0 Å². The largest absolute Gasteiger partial charge is 0.428 e. The maximum Gasteiger partial charge on any atom is 0.428 e. The van der Waals surface area contributed by atoms with Gasteiger partial charge in [0.05, 0.1) is 0 Å². The highest BCUT2D eigenvalue weighted by molar-refractivity contribution is 5.09. The highest BCUT2D eigenvalue weighted by Crippen LogP contribution is 2.50. The van der Waals surface area contributed by atoms with Crippen LogP contribution in [0.15, 0.2) is 17.3 Å². The molecule has 0 fully saturated rings. The van der Waals surface area contributed by atoms with Crippen LogP contribution in [0.1, 0.15) is 20.8 Å². The van der Waals surface area contributed by atoms with Crippen molar-refractivity contribution in [3.63, 3.8) is 0 Å². The first-order valence-electron chi connectivity index (χ1n) is 5.69. The zero-order valence-corrected chi connectivity index (χ0v) is 11.4. The van der Waals surface area contributed by atoms with Gasteiger partial charge in [0.25, 0.3) is 0 Å². The molecule has 0 bridgehead atoms. The third kappa shape index (κ3) is 3.73. The van der Waals surface area contributed by atoms with Crippen molar-refractivity contribution in [3.8, 4) is 0 Å². The zero-order chi connectivity index (χ0) is 17.2. The molecule has 0 aliphatic carbocycles. The second kappa shape index (κ2) is 6.30. The van der Waals surface area contributed by atoms with Gasteiger partial charge >= 0.3 is 17.9 Å². The number of aliphatic hydroxyl groups is 1. The number of rotatable bonds is 6. The molecule has 10 heteroatoms. The molecule has 1 N–H and O–H groups in total. The lowest BCUT2D eigenvalue weighted by Crippen LogP contribution is -2.65. The highest BCUT2D eigenvalue weighted by Gasteiger charge is 2.78. The molecule has 0 radical (unpaired) electrons. The summed E-state index contributed by atoms with van der Waals surface area (Å²) in [6, 6.07) is 0. The highest BCUT2D eigenvalue weighted by atomic mass is 19.4. The standard InChI is InChI=1S/C11H15F6NO3/c1-5(2)7(21-8(19)6(3)4)9(18-20,10(12,13)14)11(15,16)17/h5,7-8,19H,3H2,1-2,4H3. The molecule has 4 nitrogen and oxygen atoms in total. The number of aliphatic hydroxyl groups excluding tert-OH is 1. The Morgan fingerprint density at radius 2 is 1.52 bits per heavy atom. The van der Waals surface area contributed by atoms with Crippen molar-refractivity contribution in [3.05, 3.63) is 17.1 Å². The summed E-state index contributed by atoms with van der Waals surface area (Å²) >= 11 is 0. The summed E-state index contributed by atoms with van der Waals surface area (Å²) in [5.74, 6) is -1.42. The van der Waals surface area contributed by atoms with Crippen LogP contribution in [0.5, 0.6) is 0 Å². The number of alkyl halides is 6. The van der Waals surface area contributed by atoms with E-state index in [-0.39, 0.29) is 5.57 Å². The third-order valence-electron chi connectivity index (χ3n) is 2.72. The van der Waals surface area contributed by atoms with Crippen LogP contribution in [0.4, 0.5) is 26.3 Å². The van der Waals surface area contributed by atoms with Crippen LogP contribution in [0.2, 0.25) is 0 Å². The molecule has 0 rings (SSSR count). The Labute approximate surface area is 116 Å². The number of halogens is 6. The first-order valence-corrected chi connectivity index (χ1v) is 5.69. The molecule has 0 aliphatic rings. The SMILES string of the molecule is C=C(C)C(O)OC(C(C)C)C(N=O)(C(F)(F)F)C(F)(F)F. The molecule has 0 amide bonds. The first kappa shape index (κ1) is 19.8. The predicted octanol–water partition coefficient (Wildman–Crippen LogP) is 3.55. The minimum Gasteiger partial charge on any atom is -0.364 e. The average molecular weight is 323 g/mol. The van der Waals surface area contributed by atoms with Gasteiger partial charge < -0.3 is 9.84 Å². The molecule has 0 saturated heterocycles. The first-order chi connectivity index (χ1) is 9.22. The molecule has 0 spiro atoms. The van der Waals surface area contributed by atoms with Crippen molar-refractivity contribution in [2.24, 2.45) is 11.1 Å². The van der Waals surface area contributed by atoms with Crippen LogP contribution in [0.3, 0.4) is 0 Å². The molecule has 0 aromatic rings. The van der Waals surface area contributed by atoms with E-state index in [4.69, 9.17) is 0 Å². The number of hydrogen-bond donors (Lipinski definition) is 1. The molecule has 124 valence electrons. The van der Waals surface area contributed by atoms with E-state index in [2.05, 4.69) is 11.3 Å². The Kier molecular flexibility index (Phi) is 5.96. The van der Waals surface area contributed by atoms with Gasteiger partial charge in [-0.3, -0.25) is 0 Å². The summed E-state index contributed by atoms with van der Waals surface area (Å²) in [5.41, 5.74) is -5.20. The fourth-order valence-corrected chi connectivity index (χ4v) is 1.63. The number of hydrogen-bond acceptors (Lipinski definition) is 4. The minimum absolute atomic E-state index is 0.218. The Hall–Kier alpha value is -1.16. The third-order valence-corrected chi connectivity index (χ3v) is 2.72. The van der Waals surface area contributed by atoms with Crippen LogP contribution in [-0.2, 0) is 4.74 Å². The van der Waals surface area contributed by atoms with Crippen molar-refractivity contribution >= 4 is 0 Å². The van der Waals surface area contributed by atoms with Gasteiger partial charge in [-0.25, -0.2) is 0 Å². The summed E-state index contributed by atoms with van der Waals surface area (Å²) in [6.45, 7) is 6.25. The van der Waals surface area contributed by atoms with Crippen LogP contribution in [0, 0.1) is 10.8 Å². The van der Waals surface area contributed by atoms with Crippen LogP contribution in [-0.4, -0.2) is 35.4 Å². The van der Waals surface area contributed by atoms with Crippen molar-refractivity contribution in [2.75, 3.05) is 0 Å². The molecule has 0 aromatic carbocycles. The quantitative estimate of drug-likeness (QED) is 0.352. The van der Waals surface area contributed by atoms with Gasteiger partial charge in [0, 0.05) is 0 Å². The fraction of sp³-hybridized carbons (Fsp3) is 0.818. The van der Waals surface area contributed by atoms with Gasteiger partial charge in [0.15, 0.2) is 6.29 Å². The monoisotopic (exact) mass is 323 g/mol. The summed E-state index contributed by atoms with van der Waals surface area (Å²) in [5, 5.41) is 10.7. The number of nitrogens with zero attached hydrogens (tertiary/aromatic N) is 1. The lowest BCUT2D eigenvalue weighted by atomic mass is 9.84. The van der Waals surface area contributed by atoms with Crippen LogP contribution < -0.4 is 0 Å². The normalized spacial score (nSPS) is 16.7. The maximum atomic E-state index is 12.9. The topological polar surface area (TPSA) is 58.9 Å². The smallest absolute Gasteiger partial charge is 0.364 e. The molecule has 0 saturated carbocycles. The summed E-state index contributed by atoms with van der Waals surface area (Å²) in [7, 11) is 0. The molecular formula is C11H15F6NO3. The molecule has 0 aliphatic heterocycles. The fourth-order valence-electron chi connectivity index (χ4n) is 1.63. The Balaban J connectivity index is 6.07. The molecule has 2 unspecified atom stereocenters. The van der Waals surface area contributed by atoms with Crippen molar-refractivity contribution in [1.82, 2.24) is 0 Å². The zero-order valence-electron chi connectivity index (χ0n) is 11.4. The maximum absolute atomic E-state index is 12.9. The van der Waals surface area contributed by atoms with E-state index in [9.17, 15) is 36.4 Å². The van der Waals surface area contributed by atoms with Gasteiger partial charge in [-0.05, 0) is 23.6 Å². The van der Waals surface area contributed by atoms with E-state index in [1.54, 1.807) is 0 Å². The summed E-state index contributed by atoms with van der Waals surface area (Å²) in [6.07, 6.45) is -16.9. The second-order valence-electron chi connectivity index (χ2n) is 4.85. The van der Waals surface area contributed by atoms with E-state index in [1.807, 2.05) is 0 Å². The predicted molar refractivity (Wildman–Crippen MR) is 61.2 cm³/mol. The molecule has 0 aromatic heterocycles. The number of ether oxygens (including phenoxy) is 1. The molecule has 2 atom stereocenters. The van der Waals surface area contributed by atoms with Gasteiger partial charge in [-0.1, -0.05) is 20.4 Å². The van der Waals surface area contributed by atoms with E-state index in [0.717, 1.165) is 20.8 Å². The molecular weight excluding hydrogens is 308 g/mol.